The van der Waals surface area contributed by atoms with Crippen molar-refractivity contribution in [1.29, 1.82) is 0 Å². The van der Waals surface area contributed by atoms with Crippen LogP contribution in [-0.4, -0.2) is 9.55 Å². The number of para-hydroxylation sites is 1. The molecule has 0 atom stereocenters. The van der Waals surface area contributed by atoms with Gasteiger partial charge in [-0.15, -0.1) is 0 Å². The predicted molar refractivity (Wildman–Crippen MR) is 71.7 cm³/mol. The number of hydrogen-bond acceptors (Lipinski definition) is 2. The van der Waals surface area contributed by atoms with Crippen LogP contribution in [0.2, 0.25) is 10.2 Å². The highest BCUT2D eigenvalue weighted by molar-refractivity contribution is 6.33. The first-order chi connectivity index (χ1) is 8.09. The predicted octanol–water partition coefficient (Wildman–Crippen LogP) is 3.65. The number of aryl methyl sites for hydroxylation is 1. The van der Waals surface area contributed by atoms with Gasteiger partial charge in [0.1, 0.15) is 11.0 Å². The molecule has 0 spiro atoms. The Hall–Kier alpha value is -1.19. The molecular formula is C12H13Cl2N3. The molecule has 1 aromatic heterocycles. The fourth-order valence-electron chi connectivity index (χ4n) is 1.61. The number of nitrogens with one attached hydrogen (secondary N) is 1. The maximum Gasteiger partial charge on any atom is 0.128 e. The van der Waals surface area contributed by atoms with Crippen LogP contribution in [0, 0.1) is 6.92 Å². The first kappa shape index (κ1) is 12.3. The Labute approximate surface area is 110 Å². The van der Waals surface area contributed by atoms with Crippen LogP contribution in [-0.2, 0) is 13.6 Å². The van der Waals surface area contributed by atoms with Gasteiger partial charge in [0.05, 0.1) is 23.5 Å². The zero-order valence-electron chi connectivity index (χ0n) is 9.67. The lowest BCUT2D eigenvalue weighted by Crippen LogP contribution is -2.07. The monoisotopic (exact) mass is 269 g/mol. The standard InChI is InChI=1S/C12H13Cl2N3/c1-8-4-3-5-9(13)12(8)16-7-11-15-6-10(14)17(11)2/h3-6,16H,7H2,1-2H3. The van der Waals surface area contributed by atoms with E-state index in [-0.39, 0.29) is 0 Å². The highest BCUT2D eigenvalue weighted by Crippen LogP contribution is 2.25. The quantitative estimate of drug-likeness (QED) is 0.922. The van der Waals surface area contributed by atoms with Crippen molar-refractivity contribution in [2.24, 2.45) is 7.05 Å². The van der Waals surface area contributed by atoms with Crippen molar-refractivity contribution < 1.29 is 0 Å². The zero-order chi connectivity index (χ0) is 12.4. The van der Waals surface area contributed by atoms with Gasteiger partial charge in [-0.1, -0.05) is 35.3 Å². The largest absolute Gasteiger partial charge is 0.376 e. The summed E-state index contributed by atoms with van der Waals surface area (Å²) in [6.07, 6.45) is 1.64. The zero-order valence-corrected chi connectivity index (χ0v) is 11.2. The molecule has 0 amide bonds. The van der Waals surface area contributed by atoms with Gasteiger partial charge in [0.15, 0.2) is 0 Å². The molecule has 5 heteroatoms. The lowest BCUT2D eigenvalue weighted by Gasteiger charge is -2.11. The van der Waals surface area contributed by atoms with E-state index < -0.39 is 0 Å². The van der Waals surface area contributed by atoms with E-state index in [1.165, 1.54) is 0 Å². The molecule has 0 bridgehead atoms. The third-order valence-electron chi connectivity index (χ3n) is 2.67. The third kappa shape index (κ3) is 2.56. The highest BCUT2D eigenvalue weighted by Gasteiger charge is 2.07. The Morgan fingerprint density at radius 1 is 1.35 bits per heavy atom. The molecule has 2 aromatic rings. The van der Waals surface area contributed by atoms with Crippen molar-refractivity contribution in [1.82, 2.24) is 9.55 Å². The molecule has 1 aromatic carbocycles. The minimum atomic E-state index is 0.591. The highest BCUT2D eigenvalue weighted by atomic mass is 35.5. The van der Waals surface area contributed by atoms with Crippen LogP contribution in [0.3, 0.4) is 0 Å². The van der Waals surface area contributed by atoms with E-state index in [0.717, 1.165) is 17.1 Å². The van der Waals surface area contributed by atoms with Crippen LogP contribution in [0.15, 0.2) is 24.4 Å². The Balaban J connectivity index is 2.15. The summed E-state index contributed by atoms with van der Waals surface area (Å²) in [5, 5.41) is 4.61. The van der Waals surface area contributed by atoms with Crippen molar-refractivity contribution in [2.75, 3.05) is 5.32 Å². The summed E-state index contributed by atoms with van der Waals surface area (Å²) in [5.41, 5.74) is 2.05. The molecule has 0 saturated heterocycles. The number of halogens is 2. The van der Waals surface area contributed by atoms with E-state index in [4.69, 9.17) is 23.2 Å². The Kier molecular flexibility index (Phi) is 3.60. The van der Waals surface area contributed by atoms with Crippen molar-refractivity contribution in [3.05, 3.63) is 46.0 Å². The molecule has 0 aliphatic rings. The van der Waals surface area contributed by atoms with Gasteiger partial charge in [0.2, 0.25) is 0 Å². The second-order valence-corrected chi connectivity index (χ2v) is 4.64. The minimum absolute atomic E-state index is 0.591. The third-order valence-corrected chi connectivity index (χ3v) is 3.34. The van der Waals surface area contributed by atoms with E-state index in [1.54, 1.807) is 6.20 Å². The molecule has 0 saturated carbocycles. The number of nitrogens with zero attached hydrogens (tertiary/aromatic N) is 2. The van der Waals surface area contributed by atoms with E-state index in [2.05, 4.69) is 10.3 Å². The summed E-state index contributed by atoms with van der Waals surface area (Å²) in [6.45, 7) is 2.60. The summed E-state index contributed by atoms with van der Waals surface area (Å²) < 4.78 is 1.83. The molecule has 90 valence electrons. The molecule has 3 nitrogen and oxygen atoms in total. The first-order valence-corrected chi connectivity index (χ1v) is 6.00. The molecule has 0 aliphatic heterocycles. The molecule has 17 heavy (non-hydrogen) atoms. The summed E-state index contributed by atoms with van der Waals surface area (Å²) in [6, 6.07) is 5.81. The van der Waals surface area contributed by atoms with Crippen molar-refractivity contribution in [3.63, 3.8) is 0 Å². The smallest absolute Gasteiger partial charge is 0.128 e. The molecule has 0 radical (unpaired) electrons. The summed E-state index contributed by atoms with van der Waals surface area (Å²) >= 11 is 12.0. The van der Waals surface area contributed by atoms with E-state index >= 15 is 0 Å². The Bertz CT molecular complexity index is 514. The van der Waals surface area contributed by atoms with Crippen LogP contribution < -0.4 is 5.32 Å². The molecule has 0 fully saturated rings. The Morgan fingerprint density at radius 3 is 2.71 bits per heavy atom. The fourth-order valence-corrected chi connectivity index (χ4v) is 2.05. The number of aromatic nitrogens is 2. The van der Waals surface area contributed by atoms with Gasteiger partial charge < -0.3 is 9.88 Å². The summed E-state index contributed by atoms with van der Waals surface area (Å²) in [4.78, 5) is 4.22. The van der Waals surface area contributed by atoms with Gasteiger partial charge in [0.25, 0.3) is 0 Å². The lowest BCUT2D eigenvalue weighted by molar-refractivity contribution is 0.813. The van der Waals surface area contributed by atoms with Gasteiger partial charge in [0, 0.05) is 7.05 Å². The molecule has 0 aliphatic carbocycles. The first-order valence-electron chi connectivity index (χ1n) is 5.24. The molecule has 1 N–H and O–H groups in total. The summed E-state index contributed by atoms with van der Waals surface area (Å²) in [7, 11) is 1.88. The van der Waals surface area contributed by atoms with Gasteiger partial charge in [-0.05, 0) is 18.6 Å². The van der Waals surface area contributed by atoms with Crippen LogP contribution in [0.1, 0.15) is 11.4 Å². The molecule has 2 rings (SSSR count). The second-order valence-electron chi connectivity index (χ2n) is 3.84. The molecule has 1 heterocycles. The van der Waals surface area contributed by atoms with Gasteiger partial charge in [-0.3, -0.25) is 0 Å². The topological polar surface area (TPSA) is 29.9 Å². The number of anilines is 1. The minimum Gasteiger partial charge on any atom is -0.376 e. The van der Waals surface area contributed by atoms with E-state index in [0.29, 0.717) is 16.7 Å². The van der Waals surface area contributed by atoms with Gasteiger partial charge in [-0.25, -0.2) is 4.98 Å². The van der Waals surface area contributed by atoms with E-state index in [9.17, 15) is 0 Å². The van der Waals surface area contributed by atoms with Crippen LogP contribution in [0.5, 0.6) is 0 Å². The SMILES string of the molecule is Cc1cccc(Cl)c1NCc1ncc(Cl)n1C. The number of rotatable bonds is 3. The number of imidazole rings is 1. The van der Waals surface area contributed by atoms with Crippen molar-refractivity contribution in [2.45, 2.75) is 13.5 Å². The average Bonchev–Trinajstić information content (AvgIpc) is 2.60. The average molecular weight is 270 g/mol. The van der Waals surface area contributed by atoms with Crippen LogP contribution in [0.25, 0.3) is 0 Å². The van der Waals surface area contributed by atoms with Crippen molar-refractivity contribution in [3.8, 4) is 0 Å². The molecular weight excluding hydrogens is 257 g/mol. The number of benzene rings is 1. The Morgan fingerprint density at radius 2 is 2.12 bits per heavy atom. The fraction of sp³-hybridized carbons (Fsp3) is 0.250. The summed E-state index contributed by atoms with van der Waals surface area (Å²) in [5.74, 6) is 0.870. The van der Waals surface area contributed by atoms with Crippen molar-refractivity contribution >= 4 is 28.9 Å². The maximum atomic E-state index is 6.12. The van der Waals surface area contributed by atoms with Gasteiger partial charge in [-0.2, -0.15) is 0 Å². The number of hydrogen-bond donors (Lipinski definition) is 1. The maximum absolute atomic E-state index is 6.12. The van der Waals surface area contributed by atoms with Crippen LogP contribution in [0.4, 0.5) is 5.69 Å². The van der Waals surface area contributed by atoms with Crippen LogP contribution >= 0.6 is 23.2 Å². The lowest BCUT2D eigenvalue weighted by atomic mass is 10.2. The molecule has 0 unspecified atom stereocenters. The van der Waals surface area contributed by atoms with E-state index in [1.807, 2.05) is 36.7 Å². The second kappa shape index (κ2) is 4.98. The van der Waals surface area contributed by atoms with Gasteiger partial charge >= 0.3 is 0 Å². The normalized spacial score (nSPS) is 10.6.